The quantitative estimate of drug-likeness (QED) is 0.0455. The van der Waals surface area contributed by atoms with E-state index < -0.39 is 49.3 Å². The number of ether oxygens (including phenoxy) is 6. The molecule has 1 aliphatic rings. The van der Waals surface area contributed by atoms with Crippen molar-refractivity contribution in [2.45, 2.75) is 82.8 Å². The first kappa shape index (κ1) is 45.2. The second-order valence-electron chi connectivity index (χ2n) is 14.5. The first-order valence-corrected chi connectivity index (χ1v) is 21.5. The van der Waals surface area contributed by atoms with Crippen LogP contribution in [0.1, 0.15) is 63.5 Å². The molecule has 1 saturated heterocycles. The molecule has 0 radical (unpaired) electrons. The average Bonchev–Trinajstić information content (AvgIpc) is 3.56. The average molecular weight is 832 g/mol. The van der Waals surface area contributed by atoms with Crippen molar-refractivity contribution in [2.75, 3.05) is 40.4 Å². The third kappa shape index (κ3) is 10.5. The number of nitrogens with one attached hydrogen (secondary N) is 1. The van der Waals surface area contributed by atoms with Gasteiger partial charge in [-0.25, -0.2) is 0 Å². The Morgan fingerprint density at radius 3 is 1.95 bits per heavy atom. The first-order valence-electron chi connectivity index (χ1n) is 19.5. The summed E-state index contributed by atoms with van der Waals surface area (Å²) in [5, 5.41) is 18.9. The van der Waals surface area contributed by atoms with E-state index in [0.717, 1.165) is 16.7 Å². The van der Waals surface area contributed by atoms with Gasteiger partial charge in [-0.15, -0.1) is 0 Å². The van der Waals surface area contributed by atoms with Gasteiger partial charge in [0.1, 0.15) is 0 Å². The van der Waals surface area contributed by atoms with Crippen molar-refractivity contribution in [1.29, 1.82) is 10.5 Å². The van der Waals surface area contributed by atoms with Gasteiger partial charge in [-0.1, -0.05) is 0 Å². The molecule has 0 bridgehead atoms. The monoisotopic (exact) mass is 831 g/mol. The second-order valence-corrected chi connectivity index (χ2v) is 17.3. The van der Waals surface area contributed by atoms with Gasteiger partial charge < -0.3 is 0 Å². The van der Waals surface area contributed by atoms with Crippen LogP contribution in [0, 0.1) is 22.7 Å². The Labute approximate surface area is 345 Å². The van der Waals surface area contributed by atoms with E-state index >= 15 is 0 Å². The summed E-state index contributed by atoms with van der Waals surface area (Å²) in [5.74, 6) is 1.29. The summed E-state index contributed by atoms with van der Waals surface area (Å²) in [5.41, 5.74) is -0.369. The number of hydrogen-bond donors (Lipinski definition) is 2. The van der Waals surface area contributed by atoms with Crippen LogP contribution >= 0.6 is 7.87 Å². The van der Waals surface area contributed by atoms with Gasteiger partial charge in [-0.05, 0) is 0 Å². The Kier molecular flexibility index (Phi) is 16.0. The number of rotatable bonds is 21. The fourth-order valence-electron chi connectivity index (χ4n) is 7.69. The van der Waals surface area contributed by atoms with Crippen molar-refractivity contribution in [3.05, 3.63) is 129 Å². The zero-order valence-electron chi connectivity index (χ0n) is 34.3. The maximum atomic E-state index is 13.4. The van der Waals surface area contributed by atoms with Crippen molar-refractivity contribution >= 4 is 7.87 Å². The van der Waals surface area contributed by atoms with Gasteiger partial charge in [0.15, 0.2) is 0 Å². The first-order chi connectivity index (χ1) is 28.4. The molecule has 5 rings (SSSR count). The molecule has 2 N–H and O–H groups in total. The van der Waals surface area contributed by atoms with E-state index in [9.17, 15) is 19.7 Å². The molecule has 4 atom stereocenters. The molecule has 4 aromatic rings. The van der Waals surface area contributed by atoms with Crippen molar-refractivity contribution in [1.82, 2.24) is 14.2 Å². The Bertz CT molecular complexity index is 2080. The molecule has 1 aromatic heterocycles. The minimum absolute atomic E-state index is 0.00503. The molecule has 0 spiro atoms. The van der Waals surface area contributed by atoms with Crippen LogP contribution in [-0.2, 0) is 29.1 Å². The third-order valence-corrected chi connectivity index (χ3v) is 13.5. The molecule has 0 amide bonds. The number of benzene rings is 3. The Hall–Kier alpha value is -4.93. The predicted molar refractivity (Wildman–Crippen MR) is 222 cm³/mol. The van der Waals surface area contributed by atoms with E-state index in [-0.39, 0.29) is 51.1 Å². The Morgan fingerprint density at radius 1 is 0.847 bits per heavy atom. The number of H-pyrrole nitrogens is 1. The van der Waals surface area contributed by atoms with E-state index in [2.05, 4.69) is 11.1 Å². The minimum atomic E-state index is -4.04. The molecule has 0 aliphatic carbocycles. The van der Waals surface area contributed by atoms with Gasteiger partial charge in [0.2, 0.25) is 0 Å². The van der Waals surface area contributed by atoms with Crippen LogP contribution in [0.3, 0.4) is 0 Å². The van der Waals surface area contributed by atoms with Gasteiger partial charge >= 0.3 is 346 Å². The summed E-state index contributed by atoms with van der Waals surface area (Å²) >= 11 is 0. The molecular weight excluding hydrogens is 777 g/mol. The molecule has 59 heavy (non-hydrogen) atoms. The third-order valence-electron chi connectivity index (χ3n) is 10.2. The van der Waals surface area contributed by atoms with Crippen LogP contribution in [0.2, 0.25) is 0 Å². The van der Waals surface area contributed by atoms with E-state index in [1.165, 1.54) is 16.8 Å². The fraction of sp³-hybridized carbons (Fsp3) is 0.442. The van der Waals surface area contributed by atoms with Crippen LogP contribution in [-0.4, -0.2) is 89.9 Å². The molecule has 16 heteroatoms. The molecule has 1 aliphatic heterocycles. The molecule has 316 valence electrons. The molecule has 0 saturated carbocycles. The summed E-state index contributed by atoms with van der Waals surface area (Å²) in [6, 6.07) is 29.7. The van der Waals surface area contributed by atoms with Crippen molar-refractivity contribution < 1.29 is 37.8 Å². The van der Waals surface area contributed by atoms with Gasteiger partial charge in [-0.2, -0.15) is 0 Å². The van der Waals surface area contributed by atoms with Gasteiger partial charge in [-0.3, -0.25) is 0 Å². The summed E-state index contributed by atoms with van der Waals surface area (Å²) in [7, 11) is -0.853. The number of methoxy groups -OCH3 is 2. The SMILES string of the molecule is COc1ccc(C(OC[C@H]2O[C@@H](n3ccc(=O)[nH]c3=O)[C@H](OCOCCC#N)[C@@H]2O[PH](O)(CCC#N)N(C(C)C)C(C)C)(c2ccccc2)c2ccc(OC)cc2)cc1. The predicted octanol–water partition coefficient (Wildman–Crippen LogP) is 5.64. The number of aromatic nitrogens is 2. The van der Waals surface area contributed by atoms with Gasteiger partial charge in [0, 0.05) is 0 Å². The van der Waals surface area contributed by atoms with Crippen molar-refractivity contribution in [3.8, 4) is 23.6 Å². The van der Waals surface area contributed by atoms with E-state index in [1.807, 2.05) is 117 Å². The molecular formula is C43H54N5O10P. The van der Waals surface area contributed by atoms with Crippen LogP contribution in [0.15, 0.2) is 101 Å². The maximum absolute atomic E-state index is 13.4. The Balaban J connectivity index is 1.70. The second kappa shape index (κ2) is 20.9. The zero-order valence-corrected chi connectivity index (χ0v) is 35.3. The number of aromatic amines is 1. The summed E-state index contributed by atoms with van der Waals surface area (Å²) < 4.78 is 47.1. The molecule has 2 heterocycles. The van der Waals surface area contributed by atoms with Crippen LogP contribution in [0.5, 0.6) is 11.5 Å². The van der Waals surface area contributed by atoms with Crippen LogP contribution in [0.4, 0.5) is 0 Å². The normalized spacial score (nSPS) is 18.5. The topological polar surface area (TPSA) is 191 Å². The van der Waals surface area contributed by atoms with Crippen LogP contribution < -0.4 is 20.7 Å². The summed E-state index contributed by atoms with van der Waals surface area (Å²) in [6.45, 7) is 7.33. The van der Waals surface area contributed by atoms with E-state index in [0.29, 0.717) is 11.5 Å². The summed E-state index contributed by atoms with van der Waals surface area (Å²) in [6.07, 6.45) is -3.07. The zero-order chi connectivity index (χ0) is 42.6. The number of hydrogen-bond acceptors (Lipinski definition) is 13. The molecule has 1 fully saturated rings. The van der Waals surface area contributed by atoms with E-state index in [4.69, 9.17) is 38.2 Å². The number of nitriles is 2. The van der Waals surface area contributed by atoms with Crippen molar-refractivity contribution in [2.24, 2.45) is 0 Å². The van der Waals surface area contributed by atoms with Crippen LogP contribution in [0.25, 0.3) is 0 Å². The number of nitrogens with zero attached hydrogens (tertiary/aromatic N) is 4. The van der Waals surface area contributed by atoms with E-state index in [1.54, 1.807) is 14.2 Å². The van der Waals surface area contributed by atoms with Gasteiger partial charge in [0.25, 0.3) is 0 Å². The molecule has 3 aromatic carbocycles. The molecule has 15 nitrogen and oxygen atoms in total. The fourth-order valence-corrected chi connectivity index (χ4v) is 11.0. The van der Waals surface area contributed by atoms with Gasteiger partial charge in [0.05, 0.1) is 0 Å². The van der Waals surface area contributed by atoms with Crippen molar-refractivity contribution in [3.63, 3.8) is 0 Å². The standard InChI is InChI=1S/C43H54N5O10P/c1-30(2)48(31(3)4)59(51,27-11-24-45)58-39-37(57-41(40(39)55-29-54-26-10-23-44)47-25-22-38(49)46-42(47)50)28-56-43(32-12-8-7-9-13-32,33-14-18-35(52-5)19-15-33)34-16-20-36(53-6)21-17-34/h7-9,12-22,25,30-31,37,39-41,51,59H,10-11,26-29H2,1-6H3,(H,46,49,50)/t37-,39-,40-,41-/m1/s1. The Morgan fingerprint density at radius 2 is 1.42 bits per heavy atom. The molecule has 0 unspecified atom stereocenters. The summed E-state index contributed by atoms with van der Waals surface area (Å²) in [4.78, 5) is 40.6.